The van der Waals surface area contributed by atoms with Crippen LogP contribution in [-0.4, -0.2) is 76.2 Å². The zero-order valence-electron chi connectivity index (χ0n) is 32.4. The van der Waals surface area contributed by atoms with Crippen molar-refractivity contribution >= 4 is 93.9 Å². The summed E-state index contributed by atoms with van der Waals surface area (Å²) in [5, 5.41) is 24.3. The second-order valence-electron chi connectivity index (χ2n) is 12.1. The summed E-state index contributed by atoms with van der Waals surface area (Å²) in [5.74, 6) is -12.9. The van der Waals surface area contributed by atoms with E-state index in [-0.39, 0.29) is 52.4 Å². The van der Waals surface area contributed by atoms with Crippen LogP contribution < -0.4 is 4.90 Å². The van der Waals surface area contributed by atoms with Crippen molar-refractivity contribution in [3.8, 4) is 0 Å². The van der Waals surface area contributed by atoms with Crippen LogP contribution in [0.5, 0.6) is 0 Å². The summed E-state index contributed by atoms with van der Waals surface area (Å²) in [5.41, 5.74) is -4.97. The lowest BCUT2D eigenvalue weighted by molar-refractivity contribution is -0.138. The van der Waals surface area contributed by atoms with Gasteiger partial charge in [0.15, 0.2) is 23.3 Å². The number of halogens is 11. The van der Waals surface area contributed by atoms with Crippen molar-refractivity contribution in [2.24, 2.45) is 0 Å². The van der Waals surface area contributed by atoms with E-state index in [1.807, 2.05) is 0 Å². The molecule has 5 aromatic rings. The molecule has 3 N–H and O–H groups in total. The van der Waals surface area contributed by atoms with Gasteiger partial charge in [0.25, 0.3) is 11.8 Å². The predicted octanol–water partition coefficient (Wildman–Crippen LogP) is 11.4. The number of rotatable bonds is 6. The number of carbonyl (C=O) groups excluding carboxylic acids is 4. The maximum absolute atomic E-state index is 13.9. The highest BCUT2D eigenvalue weighted by Crippen LogP contribution is 2.35. The molecule has 1 aromatic heterocycles. The molecule has 0 fully saturated rings. The Morgan fingerprint density at radius 1 is 0.582 bits per heavy atom. The van der Waals surface area contributed by atoms with Crippen molar-refractivity contribution in [3.05, 3.63) is 160 Å². The third-order valence-electron chi connectivity index (χ3n) is 8.09. The topological polar surface area (TPSA) is 215 Å². The quantitative estimate of drug-likeness (QED) is 0.0821. The SMILES string of the molecule is C.C.COC(=O)c1c(C(=O)O)ccc(Cl)c1F.COC(=O)c1ccc(Cl)c(F)c1C(=O)O.Cc1cccc(N2C(=O)c3ccc(Cl)c(F)c3C2=O)n1.O=C(O)c1c(C(F)(F)F)ccc(Cl)c1F. The Morgan fingerprint density at radius 3 is 1.49 bits per heavy atom. The number of carboxylic acid groups (broad SMARTS) is 3. The lowest BCUT2D eigenvalue weighted by Crippen LogP contribution is -2.30. The van der Waals surface area contributed by atoms with Crippen LogP contribution in [0, 0.1) is 30.2 Å². The first-order valence-corrected chi connectivity index (χ1v) is 18.4. The number of anilines is 1. The van der Waals surface area contributed by atoms with Crippen LogP contribution in [0.3, 0.4) is 0 Å². The predicted molar refractivity (Wildman–Crippen MR) is 228 cm³/mol. The van der Waals surface area contributed by atoms with Gasteiger partial charge in [0.1, 0.15) is 22.5 Å². The third kappa shape index (κ3) is 13.2. The number of aromatic carboxylic acids is 3. The monoisotopic (exact) mass is 1030 g/mol. The van der Waals surface area contributed by atoms with Gasteiger partial charge in [-0.15, -0.1) is 0 Å². The highest BCUT2D eigenvalue weighted by molar-refractivity contribution is 6.37. The summed E-state index contributed by atoms with van der Waals surface area (Å²) < 4.78 is 98.9. The number of amides is 2. The van der Waals surface area contributed by atoms with E-state index in [1.165, 1.54) is 18.2 Å². The standard InChI is InChI=1S/C14H8ClFN2O2.2C9H6ClFO4.C8H3ClF4O2.2CH4/c1-7-3-2-4-10(17-7)18-13(19)8-5-6-9(15)12(16)11(8)14(18)20;1-15-9(14)4-2-3-5(10)7(11)6(4)8(12)13;1-15-9(14)6-4(8(12)13)2-3-5(10)7(6)11;9-4-2-1-3(8(11,12)13)5(6(4)10)7(14)15;;/h2-6H,1H3;2*2-3H,1H3,(H,12,13);1-2H,(H,14,15);2*1H4. The summed E-state index contributed by atoms with van der Waals surface area (Å²) in [7, 11) is 2.09. The Balaban J connectivity index is 0.000000447. The molecule has 358 valence electrons. The molecule has 14 nitrogen and oxygen atoms in total. The highest BCUT2D eigenvalue weighted by Gasteiger charge is 2.41. The molecular weight excluding hydrogens is 999 g/mol. The number of esters is 2. The summed E-state index contributed by atoms with van der Waals surface area (Å²) in [6.07, 6.45) is -4.93. The van der Waals surface area contributed by atoms with Crippen molar-refractivity contribution < 1.29 is 89.1 Å². The molecule has 6 rings (SSSR count). The number of benzene rings is 4. The van der Waals surface area contributed by atoms with E-state index >= 15 is 0 Å². The average molecular weight is 1030 g/mol. The Bertz CT molecular complexity index is 2780. The number of carbonyl (C=O) groups is 7. The number of aryl methyl sites for hydroxylation is 1. The van der Waals surface area contributed by atoms with Gasteiger partial charge in [-0.1, -0.05) is 67.3 Å². The van der Waals surface area contributed by atoms with Gasteiger partial charge in [-0.2, -0.15) is 13.2 Å². The number of pyridine rings is 1. The molecule has 0 bridgehead atoms. The van der Waals surface area contributed by atoms with E-state index in [1.54, 1.807) is 19.1 Å². The molecule has 0 unspecified atom stereocenters. The molecule has 0 spiro atoms. The van der Waals surface area contributed by atoms with E-state index in [9.17, 15) is 64.3 Å². The third-order valence-corrected chi connectivity index (χ3v) is 9.26. The van der Waals surface area contributed by atoms with Crippen LogP contribution >= 0.6 is 46.4 Å². The van der Waals surface area contributed by atoms with Crippen LogP contribution in [0.4, 0.5) is 36.6 Å². The van der Waals surface area contributed by atoms with Crippen LogP contribution in [0.2, 0.25) is 20.1 Å². The summed E-state index contributed by atoms with van der Waals surface area (Å²) in [6.45, 7) is 1.74. The molecule has 0 radical (unpaired) electrons. The summed E-state index contributed by atoms with van der Waals surface area (Å²) in [4.78, 5) is 83.5. The minimum atomic E-state index is -4.93. The Labute approximate surface area is 394 Å². The number of carboxylic acids is 3. The Morgan fingerprint density at radius 2 is 1.03 bits per heavy atom. The second kappa shape index (κ2) is 24.1. The number of aromatic nitrogens is 1. The molecule has 2 amide bonds. The lowest BCUT2D eigenvalue weighted by atomic mass is 10.1. The van der Waals surface area contributed by atoms with Crippen LogP contribution in [0.15, 0.2) is 66.7 Å². The normalized spacial score (nSPS) is 11.1. The van der Waals surface area contributed by atoms with Crippen molar-refractivity contribution in [3.63, 3.8) is 0 Å². The van der Waals surface area contributed by atoms with E-state index in [4.69, 9.17) is 61.7 Å². The van der Waals surface area contributed by atoms with Gasteiger partial charge in [-0.05, 0) is 67.6 Å². The van der Waals surface area contributed by atoms with Crippen molar-refractivity contribution in [2.75, 3.05) is 19.1 Å². The number of hydrogen-bond donors (Lipinski definition) is 3. The van der Waals surface area contributed by atoms with Gasteiger partial charge >= 0.3 is 36.0 Å². The molecule has 4 aromatic carbocycles. The number of ether oxygens (including phenoxy) is 2. The molecule has 25 heteroatoms. The lowest BCUT2D eigenvalue weighted by Gasteiger charge is -2.12. The molecule has 0 saturated carbocycles. The number of hydrogen-bond acceptors (Lipinski definition) is 10. The first kappa shape index (κ1) is 58.2. The fourth-order valence-electron chi connectivity index (χ4n) is 5.19. The van der Waals surface area contributed by atoms with Gasteiger partial charge in [0, 0.05) is 5.69 Å². The fraction of sp³-hybridized carbons (Fsp3) is 0.143. The number of nitrogens with zero attached hydrogens (tertiary/aromatic N) is 2. The van der Waals surface area contributed by atoms with E-state index in [2.05, 4.69) is 14.5 Å². The Hall–Kier alpha value is -6.81. The Kier molecular flexibility index (Phi) is 20.9. The number of methoxy groups -OCH3 is 2. The van der Waals surface area contributed by atoms with E-state index in [0.29, 0.717) is 17.8 Å². The average Bonchev–Trinajstić information content (AvgIpc) is 3.49. The molecular formula is C42H31Cl4F7N2O12. The molecule has 0 aliphatic carbocycles. The van der Waals surface area contributed by atoms with Crippen molar-refractivity contribution in [1.82, 2.24) is 4.98 Å². The van der Waals surface area contributed by atoms with Crippen molar-refractivity contribution in [1.29, 1.82) is 0 Å². The van der Waals surface area contributed by atoms with Crippen LogP contribution in [0.1, 0.15) is 98.6 Å². The molecule has 0 saturated heterocycles. The number of imide groups is 1. The zero-order chi connectivity index (χ0) is 49.4. The smallest absolute Gasteiger partial charge is 0.417 e. The van der Waals surface area contributed by atoms with Crippen LogP contribution in [0.25, 0.3) is 0 Å². The maximum atomic E-state index is 13.9. The number of fused-ring (bicyclic) bond motifs is 1. The fourth-order valence-corrected chi connectivity index (χ4v) is 5.82. The van der Waals surface area contributed by atoms with Crippen molar-refractivity contribution in [2.45, 2.75) is 28.0 Å². The van der Waals surface area contributed by atoms with Gasteiger partial charge in [0.05, 0.1) is 62.1 Å². The summed E-state index contributed by atoms with van der Waals surface area (Å²) >= 11 is 21.6. The molecule has 0 atom stereocenters. The summed E-state index contributed by atoms with van der Waals surface area (Å²) in [6, 6.07) is 12.9. The van der Waals surface area contributed by atoms with E-state index in [0.717, 1.165) is 43.4 Å². The van der Waals surface area contributed by atoms with Gasteiger partial charge in [-0.25, -0.2) is 51.4 Å². The first-order valence-electron chi connectivity index (χ1n) is 16.9. The largest absolute Gasteiger partial charge is 0.478 e. The van der Waals surface area contributed by atoms with Crippen LogP contribution in [-0.2, 0) is 15.7 Å². The highest BCUT2D eigenvalue weighted by atomic mass is 35.5. The molecule has 1 aliphatic heterocycles. The zero-order valence-corrected chi connectivity index (χ0v) is 35.4. The van der Waals surface area contributed by atoms with Gasteiger partial charge in [-0.3, -0.25) is 9.59 Å². The first-order chi connectivity index (χ1) is 30.2. The number of alkyl halides is 3. The molecule has 2 heterocycles. The minimum absolute atomic E-state index is 0. The van der Waals surface area contributed by atoms with E-state index < -0.39 is 104 Å². The van der Waals surface area contributed by atoms with Gasteiger partial charge < -0.3 is 24.8 Å². The maximum Gasteiger partial charge on any atom is 0.417 e. The minimum Gasteiger partial charge on any atom is -0.478 e. The molecule has 1 aliphatic rings. The molecule has 67 heavy (non-hydrogen) atoms. The second-order valence-corrected chi connectivity index (χ2v) is 13.7. The van der Waals surface area contributed by atoms with Gasteiger partial charge in [0.2, 0.25) is 0 Å².